The molecule has 0 N–H and O–H groups in total. The van der Waals surface area contributed by atoms with Crippen LogP contribution in [0.5, 0.6) is 0 Å². The van der Waals surface area contributed by atoms with Gasteiger partial charge in [-0.05, 0) is 6.42 Å². The Morgan fingerprint density at radius 2 is 1.25 bits per heavy atom. The fourth-order valence-electron chi connectivity index (χ4n) is 1.62. The second-order valence-corrected chi connectivity index (χ2v) is 7.17. The van der Waals surface area contributed by atoms with E-state index in [1.165, 1.54) is 44.9 Å². The summed E-state index contributed by atoms with van der Waals surface area (Å²) in [6.07, 6.45) is 11.0. The highest BCUT2D eigenvalue weighted by Crippen LogP contribution is 2.36. The molecule has 0 radical (unpaired) electrons. The SMILES string of the molecule is CCCCCCCCCCC(Cl)C(Cl)(Cl)Cl. The van der Waals surface area contributed by atoms with Crippen LogP contribution in [0.3, 0.4) is 0 Å². The molecule has 16 heavy (non-hydrogen) atoms. The first-order valence-corrected chi connectivity index (χ1v) is 7.76. The summed E-state index contributed by atoms with van der Waals surface area (Å²) in [6.45, 7) is 2.23. The standard InChI is InChI=1S/C12H22Cl4/c1-2-3-4-5-6-7-8-9-10-11(13)12(14,15)16/h11H,2-10H2,1H3. The van der Waals surface area contributed by atoms with E-state index in [4.69, 9.17) is 46.4 Å². The largest absolute Gasteiger partial charge is 0.206 e. The first kappa shape index (κ1) is 17.2. The van der Waals surface area contributed by atoms with Crippen LogP contribution in [-0.4, -0.2) is 9.17 Å². The van der Waals surface area contributed by atoms with Crippen molar-refractivity contribution < 1.29 is 0 Å². The fourth-order valence-corrected chi connectivity index (χ4v) is 2.10. The molecule has 0 aliphatic heterocycles. The number of rotatable bonds is 9. The van der Waals surface area contributed by atoms with Crippen LogP contribution in [-0.2, 0) is 0 Å². The average molecular weight is 308 g/mol. The summed E-state index contributed by atoms with van der Waals surface area (Å²) in [5.41, 5.74) is 0. The quantitative estimate of drug-likeness (QED) is 0.337. The van der Waals surface area contributed by atoms with Gasteiger partial charge in [0.05, 0.1) is 5.38 Å². The smallest absolute Gasteiger partial charge is 0.118 e. The van der Waals surface area contributed by atoms with E-state index in [0.29, 0.717) is 0 Å². The summed E-state index contributed by atoms with van der Waals surface area (Å²) in [4.78, 5) is 0. The first-order valence-electron chi connectivity index (χ1n) is 6.19. The van der Waals surface area contributed by atoms with Gasteiger partial charge in [0.2, 0.25) is 3.79 Å². The van der Waals surface area contributed by atoms with Gasteiger partial charge in [-0.25, -0.2) is 0 Å². The molecule has 0 fully saturated rings. The van der Waals surface area contributed by atoms with Crippen LogP contribution in [0.25, 0.3) is 0 Å². The van der Waals surface area contributed by atoms with Gasteiger partial charge in [0.25, 0.3) is 0 Å². The van der Waals surface area contributed by atoms with Gasteiger partial charge in [-0.3, -0.25) is 0 Å². The first-order chi connectivity index (χ1) is 7.48. The maximum atomic E-state index is 5.94. The average Bonchev–Trinajstić information content (AvgIpc) is 2.20. The molecule has 0 bridgehead atoms. The van der Waals surface area contributed by atoms with Gasteiger partial charge >= 0.3 is 0 Å². The van der Waals surface area contributed by atoms with E-state index < -0.39 is 3.79 Å². The van der Waals surface area contributed by atoms with Crippen molar-refractivity contribution in [2.75, 3.05) is 0 Å². The predicted octanol–water partition coefficient (Wildman–Crippen LogP) is 6.49. The van der Waals surface area contributed by atoms with Crippen molar-refractivity contribution in [2.45, 2.75) is 73.9 Å². The number of alkyl halides is 4. The van der Waals surface area contributed by atoms with Gasteiger partial charge < -0.3 is 0 Å². The molecule has 1 atom stereocenters. The van der Waals surface area contributed by atoms with Crippen LogP contribution in [0.15, 0.2) is 0 Å². The zero-order valence-electron chi connectivity index (χ0n) is 9.95. The lowest BCUT2D eigenvalue weighted by atomic mass is 10.1. The number of unbranched alkanes of at least 4 members (excludes halogenated alkanes) is 7. The molecule has 0 saturated heterocycles. The summed E-state index contributed by atoms with van der Waals surface area (Å²) in [5.74, 6) is 0. The molecule has 0 aromatic heterocycles. The van der Waals surface area contributed by atoms with Gasteiger partial charge in [-0.15, -0.1) is 11.6 Å². The van der Waals surface area contributed by atoms with E-state index >= 15 is 0 Å². The van der Waals surface area contributed by atoms with E-state index in [9.17, 15) is 0 Å². The molecular formula is C12H22Cl4. The number of halogens is 4. The number of hydrogen-bond donors (Lipinski definition) is 0. The molecule has 4 heteroatoms. The van der Waals surface area contributed by atoms with Crippen molar-refractivity contribution in [3.05, 3.63) is 0 Å². The molecule has 98 valence electrons. The summed E-state index contributed by atoms with van der Waals surface area (Å²) in [6, 6.07) is 0. The molecule has 0 amide bonds. The number of hydrogen-bond acceptors (Lipinski definition) is 0. The zero-order chi connectivity index (χ0) is 12.4. The molecule has 0 aromatic carbocycles. The van der Waals surface area contributed by atoms with Crippen molar-refractivity contribution in [1.29, 1.82) is 0 Å². The lowest BCUT2D eigenvalue weighted by molar-refractivity contribution is 0.560. The highest BCUT2D eigenvalue weighted by atomic mass is 35.6. The molecule has 0 aliphatic carbocycles. The summed E-state index contributed by atoms with van der Waals surface area (Å²) >= 11 is 23.0. The molecule has 0 heterocycles. The van der Waals surface area contributed by atoms with Gasteiger partial charge in [-0.1, -0.05) is 93.1 Å². The van der Waals surface area contributed by atoms with Crippen LogP contribution in [0, 0.1) is 0 Å². The molecule has 0 saturated carbocycles. The van der Waals surface area contributed by atoms with E-state index in [-0.39, 0.29) is 5.38 Å². The lowest BCUT2D eigenvalue weighted by Crippen LogP contribution is -2.18. The summed E-state index contributed by atoms with van der Waals surface area (Å²) in [5, 5.41) is -0.363. The molecule has 0 rings (SSSR count). The Kier molecular flexibility index (Phi) is 10.9. The van der Waals surface area contributed by atoms with Gasteiger partial charge in [0.15, 0.2) is 0 Å². The Morgan fingerprint density at radius 3 is 1.69 bits per heavy atom. The van der Waals surface area contributed by atoms with Crippen molar-refractivity contribution in [3.8, 4) is 0 Å². The molecule has 0 spiro atoms. The Hall–Kier alpha value is 1.16. The normalized spacial score (nSPS) is 14.1. The zero-order valence-corrected chi connectivity index (χ0v) is 13.0. The molecule has 0 aliphatic rings. The van der Waals surface area contributed by atoms with Crippen LogP contribution in [0.2, 0.25) is 0 Å². The Bertz CT molecular complexity index is 154. The Balaban J connectivity index is 3.21. The fraction of sp³-hybridized carbons (Fsp3) is 1.00. The van der Waals surface area contributed by atoms with Crippen molar-refractivity contribution in [3.63, 3.8) is 0 Å². The summed E-state index contributed by atoms with van der Waals surface area (Å²) < 4.78 is -1.32. The van der Waals surface area contributed by atoms with Crippen molar-refractivity contribution in [1.82, 2.24) is 0 Å². The molecule has 0 aromatic rings. The molecular weight excluding hydrogens is 286 g/mol. The van der Waals surface area contributed by atoms with Crippen LogP contribution in [0.1, 0.15) is 64.7 Å². The third-order valence-corrected chi connectivity index (χ3v) is 4.34. The molecule has 1 unspecified atom stereocenters. The van der Waals surface area contributed by atoms with Crippen molar-refractivity contribution in [2.24, 2.45) is 0 Å². The predicted molar refractivity (Wildman–Crippen MR) is 77.2 cm³/mol. The van der Waals surface area contributed by atoms with Crippen LogP contribution < -0.4 is 0 Å². The second-order valence-electron chi connectivity index (χ2n) is 4.27. The van der Waals surface area contributed by atoms with Crippen molar-refractivity contribution >= 4 is 46.4 Å². The van der Waals surface area contributed by atoms with E-state index in [2.05, 4.69) is 6.92 Å². The van der Waals surface area contributed by atoms with E-state index in [1.807, 2.05) is 0 Å². The minimum atomic E-state index is -1.32. The van der Waals surface area contributed by atoms with Crippen LogP contribution in [0.4, 0.5) is 0 Å². The summed E-state index contributed by atoms with van der Waals surface area (Å²) in [7, 11) is 0. The van der Waals surface area contributed by atoms with E-state index in [0.717, 1.165) is 12.8 Å². The third kappa shape index (κ3) is 10.3. The minimum Gasteiger partial charge on any atom is -0.118 e. The second kappa shape index (κ2) is 10.1. The van der Waals surface area contributed by atoms with Crippen LogP contribution >= 0.6 is 46.4 Å². The topological polar surface area (TPSA) is 0 Å². The van der Waals surface area contributed by atoms with Gasteiger partial charge in [0, 0.05) is 0 Å². The Labute approximate surface area is 120 Å². The Morgan fingerprint density at radius 1 is 0.812 bits per heavy atom. The monoisotopic (exact) mass is 306 g/mol. The highest BCUT2D eigenvalue weighted by Gasteiger charge is 2.29. The van der Waals surface area contributed by atoms with Gasteiger partial charge in [0.1, 0.15) is 0 Å². The highest BCUT2D eigenvalue weighted by molar-refractivity contribution is 6.70. The molecule has 0 nitrogen and oxygen atoms in total. The minimum absolute atomic E-state index is 0.363. The third-order valence-electron chi connectivity index (χ3n) is 2.67. The maximum absolute atomic E-state index is 5.94. The van der Waals surface area contributed by atoms with E-state index in [1.54, 1.807) is 0 Å². The van der Waals surface area contributed by atoms with Gasteiger partial charge in [-0.2, -0.15) is 0 Å². The lowest BCUT2D eigenvalue weighted by Gasteiger charge is -2.17. The maximum Gasteiger partial charge on any atom is 0.206 e.